The fourth-order valence-corrected chi connectivity index (χ4v) is 8.08. The molecule has 0 unspecified atom stereocenters. The molecular weight excluding hydrogens is 998 g/mol. The van der Waals surface area contributed by atoms with Crippen LogP contribution in [0.5, 0.6) is 5.75 Å². The van der Waals surface area contributed by atoms with Gasteiger partial charge < -0.3 is 18.4 Å². The number of allylic oxidation sites excluding steroid dienone is 9. The molecule has 0 atom stereocenters. The number of fused-ring (bicyclic) bond motifs is 4. The van der Waals surface area contributed by atoms with E-state index in [4.69, 9.17) is 8.60 Å². The molecule has 6 nitrogen and oxygen atoms in total. The highest BCUT2D eigenvalue weighted by molar-refractivity contribution is 7.88. The molecule has 1 aromatic heterocycles. The van der Waals surface area contributed by atoms with Crippen LogP contribution in [0.2, 0.25) is 0 Å². The van der Waals surface area contributed by atoms with Crippen LogP contribution in [-0.2, 0) is 10.1 Å². The second kappa shape index (κ2) is 33.4. The molecule has 1 heterocycles. The standard InChI is InChI=1S/C47H31F3N2O4S.3C5H8.3C2H6/c48-47(49,50)57(53,54)56-46-31-38(26-28-43(46)52(34-14-3-1-4-15-34)35-16-5-2-6-17-35)51(37-27-29-45-42(30-37)41-19-9-10-21-44(41)55-45)36-24-22-33(23-25-36)40-20-11-13-32-12-7-8-18-39(32)40;3*1-3-5-4-2;3*1-2/h1-31H;3*3-5H,1H2,2H3;3*1-2H3/b;3*5-4-;;;. The van der Waals surface area contributed by atoms with Crippen molar-refractivity contribution >= 4 is 77.0 Å². The van der Waals surface area contributed by atoms with Crippen LogP contribution in [0.1, 0.15) is 62.3 Å². The van der Waals surface area contributed by atoms with Crippen LogP contribution in [0.25, 0.3) is 43.8 Å². The summed E-state index contributed by atoms with van der Waals surface area (Å²) in [5.41, 5.74) is 0.545. The van der Waals surface area contributed by atoms with Gasteiger partial charge in [-0.3, -0.25) is 0 Å². The number of para-hydroxylation sites is 3. The van der Waals surface area contributed by atoms with Crippen LogP contribution in [0.3, 0.4) is 0 Å². The lowest BCUT2D eigenvalue weighted by atomic mass is 9.98. The molecule has 0 aliphatic heterocycles. The molecule has 0 amide bonds. The highest BCUT2D eigenvalue weighted by Crippen LogP contribution is 2.47. The van der Waals surface area contributed by atoms with Crippen molar-refractivity contribution in [3.63, 3.8) is 0 Å². The van der Waals surface area contributed by atoms with Gasteiger partial charge in [-0.05, 0) is 115 Å². The number of hydrogen-bond acceptors (Lipinski definition) is 6. The first-order valence-corrected chi connectivity index (χ1v) is 27.4. The van der Waals surface area contributed by atoms with Crippen LogP contribution in [0.15, 0.2) is 267 Å². The minimum absolute atomic E-state index is 0.0755. The Labute approximate surface area is 461 Å². The summed E-state index contributed by atoms with van der Waals surface area (Å²) in [5, 5.41) is 3.90. The minimum Gasteiger partial charge on any atom is -0.456 e. The van der Waals surface area contributed by atoms with E-state index in [1.54, 1.807) is 83.8 Å². The number of halogens is 3. The SMILES string of the molecule is C=C/C=C\C.C=C/C=C\C.C=C/C=C\C.CC.CC.CC.O=S(=O)(Oc1cc(N(c2ccc(-c3cccc4ccccc34)cc2)c2ccc3oc4ccccc4c3c2)ccc1N(c1ccccc1)c1ccccc1)C(F)(F)F. The third-order valence-corrected chi connectivity index (χ3v) is 11.8. The van der Waals surface area contributed by atoms with Crippen molar-refractivity contribution in [3.05, 3.63) is 262 Å². The Kier molecular flexibility index (Phi) is 27.3. The van der Waals surface area contributed by atoms with Gasteiger partial charge >= 0.3 is 15.6 Å². The summed E-state index contributed by atoms with van der Waals surface area (Å²) in [7, 11) is -6.10. The Hall–Kier alpha value is -8.60. The van der Waals surface area contributed by atoms with Crippen molar-refractivity contribution in [1.82, 2.24) is 0 Å². The second-order valence-corrected chi connectivity index (χ2v) is 17.2. The van der Waals surface area contributed by atoms with Gasteiger partial charge in [-0.2, -0.15) is 21.6 Å². The molecule has 9 aromatic rings. The number of benzene rings is 8. The van der Waals surface area contributed by atoms with Crippen molar-refractivity contribution in [1.29, 1.82) is 0 Å². The van der Waals surface area contributed by atoms with Gasteiger partial charge in [-0.15, -0.1) is 0 Å². The Balaban J connectivity index is 0.000000660. The van der Waals surface area contributed by atoms with Crippen molar-refractivity contribution in [3.8, 4) is 16.9 Å². The molecule has 0 aliphatic carbocycles. The molecule has 0 fully saturated rings. The summed E-state index contributed by atoms with van der Waals surface area (Å²) in [4.78, 5) is 3.50. The molecule has 0 bridgehead atoms. The predicted molar refractivity (Wildman–Crippen MR) is 331 cm³/mol. The largest absolute Gasteiger partial charge is 0.534 e. The number of rotatable bonds is 12. The Morgan fingerprint density at radius 1 is 0.462 bits per heavy atom. The smallest absolute Gasteiger partial charge is 0.456 e. The van der Waals surface area contributed by atoms with Gasteiger partial charge in [-0.1, -0.05) is 225 Å². The first-order valence-electron chi connectivity index (χ1n) is 25.9. The van der Waals surface area contributed by atoms with Gasteiger partial charge in [0.15, 0.2) is 5.75 Å². The van der Waals surface area contributed by atoms with E-state index < -0.39 is 21.4 Å². The molecule has 0 saturated carbocycles. The average Bonchev–Trinajstić information content (AvgIpc) is 3.91. The zero-order valence-electron chi connectivity index (χ0n) is 46.3. The number of hydrogen-bond donors (Lipinski definition) is 0. The molecule has 78 heavy (non-hydrogen) atoms. The fraction of sp³-hybridized carbons (Fsp3) is 0.147. The summed E-state index contributed by atoms with van der Waals surface area (Å²) >= 11 is 0. The molecule has 0 radical (unpaired) electrons. The quantitative estimate of drug-likeness (QED) is 0.0690. The van der Waals surface area contributed by atoms with E-state index in [-0.39, 0.29) is 5.69 Å². The van der Waals surface area contributed by atoms with Crippen LogP contribution in [-0.4, -0.2) is 13.9 Å². The van der Waals surface area contributed by atoms with Crippen molar-refractivity contribution in [2.45, 2.75) is 67.8 Å². The molecule has 0 N–H and O–H groups in total. The topological polar surface area (TPSA) is 63.0 Å². The van der Waals surface area contributed by atoms with Gasteiger partial charge in [0.2, 0.25) is 0 Å². The minimum atomic E-state index is -6.10. The second-order valence-electron chi connectivity index (χ2n) is 15.6. The van der Waals surface area contributed by atoms with Crippen LogP contribution in [0.4, 0.5) is 47.3 Å². The third-order valence-electron chi connectivity index (χ3n) is 10.8. The van der Waals surface area contributed by atoms with Crippen molar-refractivity contribution in [2.75, 3.05) is 9.80 Å². The van der Waals surface area contributed by atoms with E-state index in [9.17, 15) is 21.6 Å². The predicted octanol–water partition coefficient (Wildman–Crippen LogP) is 21.9. The fourth-order valence-electron chi connectivity index (χ4n) is 7.62. The van der Waals surface area contributed by atoms with E-state index in [0.717, 1.165) is 32.7 Å². The average molecular weight is 1070 g/mol. The molecule has 10 heteroatoms. The Morgan fingerprint density at radius 2 is 0.897 bits per heavy atom. The number of nitrogens with zero attached hydrogens (tertiary/aromatic N) is 2. The normalized spacial score (nSPS) is 10.7. The summed E-state index contributed by atoms with van der Waals surface area (Å²) in [6, 6.07) is 57.9. The maximum absolute atomic E-state index is 14.1. The maximum atomic E-state index is 14.1. The lowest BCUT2D eigenvalue weighted by molar-refractivity contribution is -0.0499. The lowest BCUT2D eigenvalue weighted by Gasteiger charge is -2.30. The van der Waals surface area contributed by atoms with E-state index in [2.05, 4.69) is 44.0 Å². The summed E-state index contributed by atoms with van der Waals surface area (Å²) < 4.78 is 79.0. The van der Waals surface area contributed by atoms with E-state index in [0.29, 0.717) is 39.6 Å². The molecule has 0 aliphatic rings. The monoisotopic (exact) mass is 1070 g/mol. The first kappa shape index (κ1) is 63.7. The molecule has 0 spiro atoms. The highest BCUT2D eigenvalue weighted by atomic mass is 32.2. The molecular formula is C68H73F3N2O4S. The first-order chi connectivity index (χ1) is 37.9. The van der Waals surface area contributed by atoms with Crippen molar-refractivity contribution in [2.24, 2.45) is 0 Å². The molecule has 0 saturated heterocycles. The highest BCUT2D eigenvalue weighted by Gasteiger charge is 2.49. The van der Waals surface area contributed by atoms with Crippen LogP contribution < -0.4 is 14.0 Å². The zero-order chi connectivity index (χ0) is 57.5. The molecule has 8 aromatic carbocycles. The Bertz CT molecular complexity index is 3350. The van der Waals surface area contributed by atoms with Crippen molar-refractivity contribution < 1.29 is 30.2 Å². The van der Waals surface area contributed by atoms with Gasteiger partial charge in [-0.25, -0.2) is 0 Å². The number of furan rings is 1. The van der Waals surface area contributed by atoms with E-state index >= 15 is 0 Å². The maximum Gasteiger partial charge on any atom is 0.534 e. The van der Waals surface area contributed by atoms with Gasteiger partial charge in [0.05, 0.1) is 11.4 Å². The number of anilines is 6. The zero-order valence-corrected chi connectivity index (χ0v) is 47.1. The van der Waals surface area contributed by atoms with Gasteiger partial charge in [0.1, 0.15) is 11.2 Å². The Morgan fingerprint density at radius 3 is 1.41 bits per heavy atom. The molecule has 9 rings (SSSR count). The van der Waals surface area contributed by atoms with Crippen LogP contribution >= 0.6 is 0 Å². The lowest BCUT2D eigenvalue weighted by Crippen LogP contribution is -2.28. The van der Waals surface area contributed by atoms with Gasteiger partial charge in [0.25, 0.3) is 0 Å². The van der Waals surface area contributed by atoms with E-state index in [1.165, 1.54) is 6.07 Å². The van der Waals surface area contributed by atoms with E-state index in [1.807, 2.05) is 201 Å². The summed E-state index contributed by atoms with van der Waals surface area (Å²) in [5.74, 6) is -0.523. The summed E-state index contributed by atoms with van der Waals surface area (Å²) in [6.45, 7) is 28.3. The third kappa shape index (κ3) is 17.2. The number of alkyl halides is 3. The molecule has 406 valence electrons. The summed E-state index contributed by atoms with van der Waals surface area (Å²) in [6.07, 6.45) is 16.7. The van der Waals surface area contributed by atoms with Gasteiger partial charge in [0, 0.05) is 39.6 Å². The van der Waals surface area contributed by atoms with Crippen LogP contribution in [0, 0.1) is 0 Å².